The highest BCUT2D eigenvalue weighted by Gasteiger charge is 2.67. The molecule has 37 heavy (non-hydrogen) atoms. The second kappa shape index (κ2) is 9.93. The van der Waals surface area contributed by atoms with Crippen molar-refractivity contribution < 1.29 is 40.4 Å². The third-order valence-electron chi connectivity index (χ3n) is 9.35. The molecule has 12 heteroatoms. The molecule has 0 radical (unpaired) electrons. The second-order valence-corrected chi connectivity index (χ2v) is 14.7. The first-order valence-electron chi connectivity index (χ1n) is 12.6. The van der Waals surface area contributed by atoms with Crippen LogP contribution in [0.25, 0.3) is 0 Å². The summed E-state index contributed by atoms with van der Waals surface area (Å²) in [5.41, 5.74) is -0.144. The molecule has 6 nitrogen and oxygen atoms in total. The van der Waals surface area contributed by atoms with Crippen molar-refractivity contribution in [3.05, 3.63) is 24.8 Å². The summed E-state index contributed by atoms with van der Waals surface area (Å²) in [6.07, 6.45) is 2.82. The number of hydrogen-bond donors (Lipinski definition) is 1. The Kier molecular flexibility index (Phi) is 7.57. The first-order chi connectivity index (χ1) is 17.3. The van der Waals surface area contributed by atoms with Crippen molar-refractivity contribution in [3.63, 3.8) is 0 Å². The van der Waals surface area contributed by atoms with Gasteiger partial charge in [-0.25, -0.2) is 9.18 Å². The van der Waals surface area contributed by atoms with Gasteiger partial charge in [-0.2, -0.15) is 17.2 Å². The SMILES string of the molecule is CCC1(Oc2cc(C(=O)OCCC(F)C(F)(F)S(=O)(=O)O)cc(I)c2I)CC2CC1C1C3CCC(C3)C21. The van der Waals surface area contributed by atoms with E-state index in [0.717, 1.165) is 43.7 Å². The number of benzene rings is 1. The standard InChI is InChI=1S/C25H29F3I2O6S/c1-2-24(11-15-8-16(24)21-13-4-3-12(7-13)20(15)21)36-18-10-14(9-17(29)22(18)30)23(31)35-6-5-19(26)25(27,28)37(32,33)34/h9-10,12-13,15-16,19-21H,2-8,11H2,1H3,(H,32,33,34). The van der Waals surface area contributed by atoms with Crippen LogP contribution in [0.2, 0.25) is 0 Å². The minimum Gasteiger partial charge on any atom is -0.486 e. The number of ether oxygens (including phenoxy) is 2. The molecule has 5 rings (SSSR count). The highest BCUT2D eigenvalue weighted by molar-refractivity contribution is 14.1. The molecule has 1 aromatic carbocycles. The van der Waals surface area contributed by atoms with Gasteiger partial charge in [0.05, 0.1) is 15.7 Å². The first kappa shape index (κ1) is 28.2. The number of hydrogen-bond acceptors (Lipinski definition) is 5. The Bertz CT molecular complexity index is 1200. The van der Waals surface area contributed by atoms with Gasteiger partial charge >= 0.3 is 21.3 Å². The fraction of sp³-hybridized carbons (Fsp3) is 0.720. The number of halogens is 5. The van der Waals surface area contributed by atoms with E-state index in [1.807, 2.05) is 0 Å². The molecule has 0 heterocycles. The van der Waals surface area contributed by atoms with Crippen molar-refractivity contribution in [1.82, 2.24) is 0 Å². The summed E-state index contributed by atoms with van der Waals surface area (Å²) >= 11 is 4.28. The topological polar surface area (TPSA) is 89.9 Å². The molecule has 0 saturated heterocycles. The van der Waals surface area contributed by atoms with Crippen LogP contribution in [0.15, 0.2) is 12.1 Å². The molecule has 1 aromatic rings. The highest BCUT2D eigenvalue weighted by atomic mass is 127. The zero-order valence-electron chi connectivity index (χ0n) is 20.1. The smallest absolute Gasteiger partial charge is 0.400 e. The van der Waals surface area contributed by atoms with Crippen LogP contribution in [-0.2, 0) is 14.9 Å². The molecule has 0 spiro atoms. The quantitative estimate of drug-likeness (QED) is 0.134. The average Bonchev–Trinajstić information content (AvgIpc) is 3.60. The van der Waals surface area contributed by atoms with Crippen molar-refractivity contribution in [1.29, 1.82) is 0 Å². The van der Waals surface area contributed by atoms with Crippen LogP contribution in [0.1, 0.15) is 62.2 Å². The Morgan fingerprint density at radius 3 is 2.51 bits per heavy atom. The largest absolute Gasteiger partial charge is 0.486 e. The maximum absolute atomic E-state index is 13.7. The van der Waals surface area contributed by atoms with Gasteiger partial charge in [-0.05, 0) is 125 Å². The van der Waals surface area contributed by atoms with Crippen LogP contribution >= 0.6 is 45.2 Å². The van der Waals surface area contributed by atoms with Gasteiger partial charge in [-0.1, -0.05) is 6.92 Å². The Hall–Kier alpha value is -0.350. The minimum absolute atomic E-state index is 0.143. The van der Waals surface area contributed by atoms with E-state index in [1.54, 1.807) is 12.1 Å². The Morgan fingerprint density at radius 1 is 1.19 bits per heavy atom. The predicted octanol–water partition coefficient (Wildman–Crippen LogP) is 6.49. The van der Waals surface area contributed by atoms with E-state index in [1.165, 1.54) is 25.7 Å². The molecule has 0 aromatic heterocycles. The van der Waals surface area contributed by atoms with E-state index in [0.29, 0.717) is 17.6 Å². The van der Waals surface area contributed by atoms with Gasteiger partial charge in [-0.15, -0.1) is 0 Å². The molecule has 4 saturated carbocycles. The maximum Gasteiger partial charge on any atom is 0.400 e. The van der Waals surface area contributed by atoms with Gasteiger partial charge in [0.15, 0.2) is 6.17 Å². The molecule has 1 N–H and O–H groups in total. The van der Waals surface area contributed by atoms with Crippen molar-refractivity contribution in [2.24, 2.45) is 35.5 Å². The van der Waals surface area contributed by atoms with Crippen LogP contribution in [-0.4, -0.2) is 42.6 Å². The van der Waals surface area contributed by atoms with Crippen LogP contribution in [0, 0.1) is 42.6 Å². The molecule has 0 amide bonds. The summed E-state index contributed by atoms with van der Waals surface area (Å²) in [6.45, 7) is 1.38. The number of alkyl halides is 3. The lowest BCUT2D eigenvalue weighted by atomic mass is 9.65. The zero-order valence-corrected chi connectivity index (χ0v) is 25.3. The van der Waals surface area contributed by atoms with Crippen LogP contribution in [0.5, 0.6) is 5.75 Å². The van der Waals surface area contributed by atoms with Gasteiger partial charge in [0, 0.05) is 15.9 Å². The number of carbonyl (C=O) groups excluding carboxylic acids is 1. The highest BCUT2D eigenvalue weighted by Crippen LogP contribution is 2.70. The second-order valence-electron chi connectivity index (χ2n) is 11.0. The fourth-order valence-corrected chi connectivity index (χ4v) is 9.40. The van der Waals surface area contributed by atoms with Crippen molar-refractivity contribution in [3.8, 4) is 5.75 Å². The molecule has 8 atom stereocenters. The molecule has 4 bridgehead atoms. The van der Waals surface area contributed by atoms with E-state index >= 15 is 0 Å². The third kappa shape index (κ3) is 4.70. The van der Waals surface area contributed by atoms with Crippen molar-refractivity contribution in [2.75, 3.05) is 6.61 Å². The summed E-state index contributed by atoms with van der Waals surface area (Å²) in [7, 11) is -5.92. The van der Waals surface area contributed by atoms with Gasteiger partial charge in [-0.3, -0.25) is 4.55 Å². The first-order valence-corrected chi connectivity index (χ1v) is 16.2. The van der Waals surface area contributed by atoms with E-state index < -0.39 is 40.5 Å². The summed E-state index contributed by atoms with van der Waals surface area (Å²) in [5.74, 6) is 4.13. The lowest BCUT2D eigenvalue weighted by Gasteiger charge is -2.46. The van der Waals surface area contributed by atoms with E-state index in [-0.39, 0.29) is 11.2 Å². The fourth-order valence-electron chi connectivity index (χ4n) is 7.94. The van der Waals surface area contributed by atoms with Crippen LogP contribution in [0.3, 0.4) is 0 Å². The van der Waals surface area contributed by atoms with Crippen LogP contribution in [0.4, 0.5) is 13.2 Å². The maximum atomic E-state index is 13.7. The monoisotopic (exact) mass is 768 g/mol. The van der Waals surface area contributed by atoms with Gasteiger partial charge in [0.1, 0.15) is 11.4 Å². The molecular formula is C25H29F3I2O6S. The number of carbonyl (C=O) groups is 1. The number of fused-ring (bicyclic) bond motifs is 9. The number of esters is 1. The average molecular weight is 768 g/mol. The van der Waals surface area contributed by atoms with Crippen LogP contribution < -0.4 is 4.74 Å². The molecule has 8 unspecified atom stereocenters. The van der Waals surface area contributed by atoms with Crippen molar-refractivity contribution in [2.45, 2.75) is 68.9 Å². The third-order valence-corrected chi connectivity index (χ3v) is 13.3. The normalized spacial score (nSPS) is 35.0. The molecular weight excluding hydrogens is 739 g/mol. The Labute approximate surface area is 241 Å². The molecule has 4 aliphatic carbocycles. The summed E-state index contributed by atoms with van der Waals surface area (Å²) in [6, 6.07) is 3.18. The van der Waals surface area contributed by atoms with Gasteiger partial charge in [0.25, 0.3) is 0 Å². The Morgan fingerprint density at radius 2 is 1.86 bits per heavy atom. The molecule has 0 aliphatic heterocycles. The zero-order chi connectivity index (χ0) is 26.9. The lowest BCUT2D eigenvalue weighted by Crippen LogP contribution is -2.48. The number of rotatable bonds is 9. The minimum atomic E-state index is -5.92. The van der Waals surface area contributed by atoms with E-state index in [2.05, 4.69) is 52.1 Å². The summed E-state index contributed by atoms with van der Waals surface area (Å²) in [5, 5.41) is -4.98. The van der Waals surface area contributed by atoms with Crippen molar-refractivity contribution >= 4 is 61.3 Å². The summed E-state index contributed by atoms with van der Waals surface area (Å²) in [4.78, 5) is 12.7. The molecule has 4 aliphatic rings. The lowest BCUT2D eigenvalue weighted by molar-refractivity contribution is -0.0470. The molecule has 206 valence electrons. The van der Waals surface area contributed by atoms with E-state index in [4.69, 9.17) is 14.0 Å². The molecule has 4 fully saturated rings. The van der Waals surface area contributed by atoms with Gasteiger partial charge in [0.2, 0.25) is 0 Å². The predicted molar refractivity (Wildman–Crippen MR) is 146 cm³/mol. The van der Waals surface area contributed by atoms with E-state index in [9.17, 15) is 26.4 Å². The van der Waals surface area contributed by atoms with Gasteiger partial charge < -0.3 is 9.47 Å². The Balaban J connectivity index is 1.29. The summed E-state index contributed by atoms with van der Waals surface area (Å²) < 4.78 is 83.9.